The van der Waals surface area contributed by atoms with Crippen LogP contribution in [0.15, 0.2) is 0 Å². The number of piperazine rings is 1. The van der Waals surface area contributed by atoms with Gasteiger partial charge in [-0.15, -0.1) is 0 Å². The molecule has 0 aromatic rings. The number of morpholine rings is 1. The van der Waals surface area contributed by atoms with Crippen LogP contribution in [0.4, 0.5) is 0 Å². The highest BCUT2D eigenvalue weighted by Crippen LogP contribution is 2.11. The third kappa shape index (κ3) is 4.16. The highest BCUT2D eigenvalue weighted by Gasteiger charge is 2.28. The van der Waals surface area contributed by atoms with Crippen LogP contribution in [-0.2, 0) is 19.1 Å². The monoisotopic (exact) mass is 285 g/mol. The summed E-state index contributed by atoms with van der Waals surface area (Å²) in [6, 6.07) is 0.214. The normalized spacial score (nSPS) is 24.6. The van der Waals surface area contributed by atoms with Crippen molar-refractivity contribution >= 4 is 11.8 Å². The number of rotatable bonds is 5. The molecule has 0 spiro atoms. The number of carbonyl (C=O) groups is 2. The van der Waals surface area contributed by atoms with Gasteiger partial charge in [0.15, 0.2) is 0 Å². The summed E-state index contributed by atoms with van der Waals surface area (Å²) in [5.41, 5.74) is 0. The summed E-state index contributed by atoms with van der Waals surface area (Å²) in [7, 11) is 1.67. The number of nitrogens with zero attached hydrogens (tertiary/aromatic N) is 2. The van der Waals surface area contributed by atoms with Gasteiger partial charge in [-0.05, 0) is 6.42 Å². The maximum Gasteiger partial charge on any atom is 0.239 e. The number of methoxy groups -OCH3 is 1. The van der Waals surface area contributed by atoms with Gasteiger partial charge in [0.2, 0.25) is 11.8 Å². The molecule has 2 amide bonds. The first kappa shape index (κ1) is 15.2. The van der Waals surface area contributed by atoms with Crippen LogP contribution in [0.5, 0.6) is 0 Å². The van der Waals surface area contributed by atoms with Crippen molar-refractivity contribution in [2.45, 2.75) is 12.5 Å². The number of hydrogen-bond donors (Lipinski definition) is 1. The molecule has 0 aromatic carbocycles. The summed E-state index contributed by atoms with van der Waals surface area (Å²) >= 11 is 0. The summed E-state index contributed by atoms with van der Waals surface area (Å²) < 4.78 is 10.6. The molecule has 114 valence electrons. The predicted molar refractivity (Wildman–Crippen MR) is 72.3 cm³/mol. The van der Waals surface area contributed by atoms with Crippen molar-refractivity contribution in [3.8, 4) is 0 Å². The van der Waals surface area contributed by atoms with Crippen molar-refractivity contribution in [1.29, 1.82) is 0 Å². The standard InChI is InChI=1S/C13H23N3O4/c1-19-6-2-11-10-20-7-5-15(11)9-13(18)16-4-3-14-12(17)8-16/h11H,2-10H2,1H3,(H,14,17). The van der Waals surface area contributed by atoms with Crippen LogP contribution in [0.3, 0.4) is 0 Å². The van der Waals surface area contributed by atoms with E-state index in [0.29, 0.717) is 39.5 Å². The molecule has 0 aliphatic carbocycles. The smallest absolute Gasteiger partial charge is 0.239 e. The van der Waals surface area contributed by atoms with E-state index in [1.807, 2.05) is 0 Å². The van der Waals surface area contributed by atoms with Gasteiger partial charge in [0.25, 0.3) is 0 Å². The average molecular weight is 285 g/mol. The van der Waals surface area contributed by atoms with Gasteiger partial charge in [0.05, 0.1) is 26.3 Å². The van der Waals surface area contributed by atoms with Gasteiger partial charge < -0.3 is 19.7 Å². The molecular formula is C13H23N3O4. The minimum atomic E-state index is -0.0810. The van der Waals surface area contributed by atoms with E-state index in [0.717, 1.165) is 13.0 Å². The predicted octanol–water partition coefficient (Wildman–Crippen LogP) is -1.32. The second-order valence-electron chi connectivity index (χ2n) is 5.15. The van der Waals surface area contributed by atoms with Crippen LogP contribution in [0.2, 0.25) is 0 Å². The Morgan fingerprint density at radius 1 is 1.50 bits per heavy atom. The van der Waals surface area contributed by atoms with Gasteiger partial charge in [0, 0.05) is 39.4 Å². The quantitative estimate of drug-likeness (QED) is 0.678. The Labute approximate surface area is 119 Å². The average Bonchev–Trinajstić information content (AvgIpc) is 2.46. The molecule has 7 heteroatoms. The Bertz CT molecular complexity index is 351. The van der Waals surface area contributed by atoms with Gasteiger partial charge in [-0.3, -0.25) is 14.5 Å². The first-order chi connectivity index (χ1) is 9.70. The van der Waals surface area contributed by atoms with Gasteiger partial charge in [-0.25, -0.2) is 0 Å². The maximum absolute atomic E-state index is 12.3. The Morgan fingerprint density at radius 2 is 2.35 bits per heavy atom. The molecule has 2 aliphatic rings. The largest absolute Gasteiger partial charge is 0.385 e. The summed E-state index contributed by atoms with van der Waals surface area (Å²) in [6.45, 7) is 4.36. The molecule has 2 fully saturated rings. The fraction of sp³-hybridized carbons (Fsp3) is 0.846. The first-order valence-electron chi connectivity index (χ1n) is 7.06. The highest BCUT2D eigenvalue weighted by molar-refractivity contribution is 5.86. The third-order valence-electron chi connectivity index (χ3n) is 3.73. The second-order valence-corrected chi connectivity index (χ2v) is 5.15. The molecule has 1 N–H and O–H groups in total. The molecule has 7 nitrogen and oxygen atoms in total. The molecule has 2 heterocycles. The van der Waals surface area contributed by atoms with Crippen LogP contribution in [0.1, 0.15) is 6.42 Å². The molecule has 1 unspecified atom stereocenters. The van der Waals surface area contributed by atoms with Crippen LogP contribution in [0.25, 0.3) is 0 Å². The molecule has 2 aliphatic heterocycles. The molecule has 0 aromatic heterocycles. The van der Waals surface area contributed by atoms with E-state index in [4.69, 9.17) is 9.47 Å². The second kappa shape index (κ2) is 7.56. The van der Waals surface area contributed by atoms with Crippen molar-refractivity contribution in [2.24, 2.45) is 0 Å². The zero-order valence-corrected chi connectivity index (χ0v) is 12.0. The maximum atomic E-state index is 12.3. The lowest BCUT2D eigenvalue weighted by Crippen LogP contribution is -2.55. The Kier molecular flexibility index (Phi) is 5.75. The number of ether oxygens (including phenoxy) is 2. The summed E-state index contributed by atoms with van der Waals surface area (Å²) in [5, 5.41) is 2.72. The zero-order chi connectivity index (χ0) is 14.4. The molecule has 0 radical (unpaired) electrons. The lowest BCUT2D eigenvalue weighted by molar-refractivity contribution is -0.140. The van der Waals surface area contributed by atoms with Crippen molar-refractivity contribution in [3.05, 3.63) is 0 Å². The fourth-order valence-electron chi connectivity index (χ4n) is 2.54. The van der Waals surface area contributed by atoms with E-state index < -0.39 is 0 Å². The minimum Gasteiger partial charge on any atom is -0.385 e. The Morgan fingerprint density at radius 3 is 3.10 bits per heavy atom. The molecular weight excluding hydrogens is 262 g/mol. The number of amides is 2. The van der Waals surface area contributed by atoms with E-state index in [-0.39, 0.29) is 24.4 Å². The highest BCUT2D eigenvalue weighted by atomic mass is 16.5. The van der Waals surface area contributed by atoms with Gasteiger partial charge in [-0.2, -0.15) is 0 Å². The van der Waals surface area contributed by atoms with Crippen LogP contribution in [-0.4, -0.2) is 87.3 Å². The number of hydrogen-bond acceptors (Lipinski definition) is 5. The molecule has 1 atom stereocenters. The van der Waals surface area contributed by atoms with E-state index >= 15 is 0 Å². The van der Waals surface area contributed by atoms with Gasteiger partial charge in [-0.1, -0.05) is 0 Å². The molecule has 2 saturated heterocycles. The lowest BCUT2D eigenvalue weighted by atomic mass is 10.1. The van der Waals surface area contributed by atoms with Crippen molar-refractivity contribution in [1.82, 2.24) is 15.1 Å². The van der Waals surface area contributed by atoms with Gasteiger partial charge in [0.1, 0.15) is 0 Å². The third-order valence-corrected chi connectivity index (χ3v) is 3.73. The SMILES string of the molecule is COCCC1COCCN1CC(=O)N1CCNC(=O)C1. The van der Waals surface area contributed by atoms with Crippen molar-refractivity contribution in [3.63, 3.8) is 0 Å². The zero-order valence-electron chi connectivity index (χ0n) is 12.0. The molecule has 2 rings (SSSR count). The van der Waals surface area contributed by atoms with E-state index in [2.05, 4.69) is 10.2 Å². The minimum absolute atomic E-state index is 0.0177. The van der Waals surface area contributed by atoms with E-state index in [9.17, 15) is 9.59 Å². The summed E-state index contributed by atoms with van der Waals surface area (Å²) in [5.74, 6) is -0.0633. The van der Waals surface area contributed by atoms with Crippen molar-refractivity contribution < 1.29 is 19.1 Å². The molecule has 20 heavy (non-hydrogen) atoms. The topological polar surface area (TPSA) is 71.1 Å². The summed E-state index contributed by atoms with van der Waals surface area (Å²) in [6.07, 6.45) is 0.851. The van der Waals surface area contributed by atoms with Crippen molar-refractivity contribution in [2.75, 3.05) is 59.7 Å². The van der Waals surface area contributed by atoms with Crippen LogP contribution >= 0.6 is 0 Å². The fourth-order valence-corrected chi connectivity index (χ4v) is 2.54. The Balaban J connectivity index is 1.85. The van der Waals surface area contributed by atoms with Crippen LogP contribution in [0, 0.1) is 0 Å². The Hall–Kier alpha value is -1.18. The summed E-state index contributed by atoms with van der Waals surface area (Å²) in [4.78, 5) is 27.3. The number of nitrogens with one attached hydrogen (secondary N) is 1. The van der Waals surface area contributed by atoms with Gasteiger partial charge >= 0.3 is 0 Å². The number of carbonyl (C=O) groups excluding carboxylic acids is 2. The van der Waals surface area contributed by atoms with E-state index in [1.165, 1.54) is 0 Å². The first-order valence-corrected chi connectivity index (χ1v) is 7.06. The molecule has 0 saturated carbocycles. The molecule has 0 bridgehead atoms. The van der Waals surface area contributed by atoms with E-state index in [1.54, 1.807) is 12.0 Å². The van der Waals surface area contributed by atoms with Crippen LogP contribution < -0.4 is 5.32 Å². The lowest BCUT2D eigenvalue weighted by Gasteiger charge is -2.36.